The molecular formula is C11H16GeOS. The van der Waals surface area contributed by atoms with Crippen LogP contribution in [0.25, 0.3) is 0 Å². The zero-order chi connectivity index (χ0) is 10.8. The molecule has 0 radical (unpaired) electrons. The molecule has 1 rings (SSSR count). The van der Waals surface area contributed by atoms with E-state index in [1.165, 1.54) is 4.90 Å². The van der Waals surface area contributed by atoms with E-state index in [1.54, 1.807) is 11.8 Å². The molecule has 0 aliphatic carbocycles. The summed E-state index contributed by atoms with van der Waals surface area (Å²) in [5.74, 6) is 6.39. The molecule has 0 bridgehead atoms. The fourth-order valence-electron chi connectivity index (χ4n) is 1.18. The summed E-state index contributed by atoms with van der Waals surface area (Å²) in [6.45, 7) is 0. The van der Waals surface area contributed by atoms with E-state index in [4.69, 9.17) is 0 Å². The summed E-state index contributed by atoms with van der Waals surface area (Å²) in [6, 6.07) is 7.94. The van der Waals surface area contributed by atoms with Gasteiger partial charge in [-0.1, -0.05) is 0 Å². The predicted octanol–water partition coefficient (Wildman–Crippen LogP) is 3.47. The average molecular weight is 269 g/mol. The van der Waals surface area contributed by atoms with Gasteiger partial charge in [-0.05, 0) is 0 Å². The van der Waals surface area contributed by atoms with Crippen LogP contribution in [-0.2, 0) is 0 Å². The Morgan fingerprint density at radius 3 is 2.00 bits per heavy atom. The van der Waals surface area contributed by atoms with E-state index < -0.39 is 13.3 Å². The van der Waals surface area contributed by atoms with Crippen LogP contribution in [0.1, 0.15) is 10.4 Å². The zero-order valence-corrected chi connectivity index (χ0v) is 12.0. The topological polar surface area (TPSA) is 17.1 Å². The summed E-state index contributed by atoms with van der Waals surface area (Å²) < 4.78 is 0.387. The Labute approximate surface area is 92.6 Å². The normalized spacial score (nSPS) is 11.4. The van der Waals surface area contributed by atoms with Crippen LogP contribution in [-0.4, -0.2) is 24.1 Å². The van der Waals surface area contributed by atoms with Crippen molar-refractivity contribution in [3.05, 3.63) is 29.8 Å². The van der Waals surface area contributed by atoms with E-state index in [1.807, 2.05) is 30.5 Å². The second-order valence-corrected chi connectivity index (χ2v) is 15.6. The fraction of sp³-hybridized carbons (Fsp3) is 0.364. The first kappa shape index (κ1) is 11.9. The first-order chi connectivity index (χ1) is 6.45. The molecule has 1 nitrogen and oxygen atoms in total. The Bertz CT molecular complexity index is 324. The SMILES string of the molecule is CSc1ccc([C](=O)[Ge]([CH3])([CH3])[CH3])cc1. The van der Waals surface area contributed by atoms with Gasteiger partial charge >= 0.3 is 92.7 Å². The first-order valence-electron chi connectivity index (χ1n) is 4.64. The van der Waals surface area contributed by atoms with Crippen molar-refractivity contribution in [2.24, 2.45) is 0 Å². The molecule has 0 aliphatic heterocycles. The van der Waals surface area contributed by atoms with Crippen LogP contribution < -0.4 is 0 Å². The van der Waals surface area contributed by atoms with Gasteiger partial charge in [0.1, 0.15) is 0 Å². The van der Waals surface area contributed by atoms with E-state index in [9.17, 15) is 4.79 Å². The molecule has 0 heterocycles. The molecule has 0 aliphatic rings. The summed E-state index contributed by atoms with van der Waals surface area (Å²) in [5.41, 5.74) is 0.885. The van der Waals surface area contributed by atoms with Crippen LogP contribution in [0.5, 0.6) is 0 Å². The van der Waals surface area contributed by atoms with E-state index in [0.29, 0.717) is 4.62 Å². The molecule has 0 saturated carbocycles. The van der Waals surface area contributed by atoms with Crippen LogP contribution >= 0.6 is 11.8 Å². The Morgan fingerprint density at radius 2 is 1.64 bits per heavy atom. The van der Waals surface area contributed by atoms with Gasteiger partial charge in [0.15, 0.2) is 0 Å². The van der Waals surface area contributed by atoms with Crippen molar-refractivity contribution in [3.8, 4) is 0 Å². The van der Waals surface area contributed by atoms with E-state index in [-0.39, 0.29) is 0 Å². The molecule has 0 amide bonds. The number of carbonyl (C=O) groups is 1. The zero-order valence-electron chi connectivity index (χ0n) is 9.13. The standard InChI is InChI=1S/C11H16GeOS/c1-12(2,3)11(13)9-5-7-10(14-4)8-6-9/h5-8H,1-4H3. The predicted molar refractivity (Wildman–Crippen MR) is 65.9 cm³/mol. The van der Waals surface area contributed by atoms with Crippen LogP contribution in [0.2, 0.25) is 17.3 Å². The third-order valence-corrected chi connectivity index (χ3v) is 6.24. The second-order valence-electron chi connectivity index (χ2n) is 4.31. The quantitative estimate of drug-likeness (QED) is 0.617. The van der Waals surface area contributed by atoms with E-state index in [0.717, 1.165) is 5.56 Å². The molecule has 1 aromatic carbocycles. The number of hydrogen-bond donors (Lipinski definition) is 0. The maximum atomic E-state index is 11.9. The average Bonchev–Trinajstić information content (AvgIpc) is 2.15. The molecule has 0 unspecified atom stereocenters. The molecule has 0 fully saturated rings. The summed E-state index contributed by atoms with van der Waals surface area (Å²) in [7, 11) is 0. The molecule has 1 aromatic rings. The number of hydrogen-bond acceptors (Lipinski definition) is 2. The molecule has 0 aromatic heterocycles. The number of rotatable bonds is 3. The minimum absolute atomic E-state index is 0.387. The fourth-order valence-corrected chi connectivity index (χ4v) is 3.75. The van der Waals surface area contributed by atoms with Gasteiger partial charge in [0, 0.05) is 0 Å². The molecule has 3 heteroatoms. The van der Waals surface area contributed by atoms with Gasteiger partial charge in [-0.2, -0.15) is 0 Å². The summed E-state index contributed by atoms with van der Waals surface area (Å²) in [6.07, 6.45) is 2.04. The van der Waals surface area contributed by atoms with Crippen LogP contribution in [0.15, 0.2) is 29.2 Å². The van der Waals surface area contributed by atoms with Crippen molar-refractivity contribution in [1.82, 2.24) is 0 Å². The van der Waals surface area contributed by atoms with Gasteiger partial charge in [0.2, 0.25) is 0 Å². The molecule has 0 spiro atoms. The Morgan fingerprint density at radius 1 is 1.14 bits per heavy atom. The minimum atomic E-state index is -2.16. The summed E-state index contributed by atoms with van der Waals surface area (Å²) >= 11 is -0.458. The van der Waals surface area contributed by atoms with Crippen LogP contribution in [0.4, 0.5) is 0 Å². The van der Waals surface area contributed by atoms with Crippen molar-refractivity contribution in [1.29, 1.82) is 0 Å². The number of carbonyl (C=O) groups excluding carboxylic acids is 1. The Balaban J connectivity index is 2.93. The van der Waals surface area contributed by atoms with Gasteiger partial charge in [-0.3, -0.25) is 0 Å². The Kier molecular flexibility index (Phi) is 3.84. The second kappa shape index (κ2) is 4.53. The molecular weight excluding hydrogens is 253 g/mol. The third-order valence-electron chi connectivity index (χ3n) is 2.03. The van der Waals surface area contributed by atoms with Gasteiger partial charge in [-0.25, -0.2) is 0 Å². The van der Waals surface area contributed by atoms with Crippen molar-refractivity contribution in [3.63, 3.8) is 0 Å². The van der Waals surface area contributed by atoms with Crippen molar-refractivity contribution in [2.45, 2.75) is 22.2 Å². The van der Waals surface area contributed by atoms with Gasteiger partial charge in [0.25, 0.3) is 0 Å². The molecule has 14 heavy (non-hydrogen) atoms. The van der Waals surface area contributed by atoms with Gasteiger partial charge < -0.3 is 0 Å². The van der Waals surface area contributed by atoms with Crippen molar-refractivity contribution in [2.75, 3.05) is 6.26 Å². The van der Waals surface area contributed by atoms with Gasteiger partial charge in [-0.15, -0.1) is 0 Å². The third kappa shape index (κ3) is 2.89. The summed E-state index contributed by atoms with van der Waals surface area (Å²) in [5, 5.41) is 0. The number of thioether (sulfide) groups is 1. The van der Waals surface area contributed by atoms with Crippen LogP contribution in [0.3, 0.4) is 0 Å². The van der Waals surface area contributed by atoms with E-state index in [2.05, 4.69) is 17.3 Å². The maximum absolute atomic E-state index is 11.9. The van der Waals surface area contributed by atoms with E-state index >= 15 is 0 Å². The molecule has 0 atom stereocenters. The molecule has 76 valence electrons. The van der Waals surface area contributed by atoms with Gasteiger partial charge in [0.05, 0.1) is 0 Å². The monoisotopic (exact) mass is 270 g/mol. The van der Waals surface area contributed by atoms with Crippen molar-refractivity contribution >= 4 is 29.6 Å². The van der Waals surface area contributed by atoms with Crippen molar-refractivity contribution < 1.29 is 4.79 Å². The first-order valence-corrected chi connectivity index (χ1v) is 13.2. The van der Waals surface area contributed by atoms with Crippen LogP contribution in [0, 0.1) is 0 Å². The number of benzene rings is 1. The summed E-state index contributed by atoms with van der Waals surface area (Å²) in [4.78, 5) is 13.2. The molecule has 0 saturated heterocycles. The Hall–Kier alpha value is -0.217. The molecule has 0 N–H and O–H groups in total.